The second-order valence-electron chi connectivity index (χ2n) is 9.31. The number of likely N-dealkylation sites (tertiary alicyclic amines) is 1. The first-order valence-corrected chi connectivity index (χ1v) is 11.6. The van der Waals surface area contributed by atoms with Gasteiger partial charge in [-0.3, -0.25) is 4.99 Å². The molecule has 2 aliphatic heterocycles. The van der Waals surface area contributed by atoms with Crippen LogP contribution in [0.4, 0.5) is 0 Å². The summed E-state index contributed by atoms with van der Waals surface area (Å²) in [4.78, 5) is 7.71. The summed E-state index contributed by atoms with van der Waals surface area (Å²) < 4.78 is 2.29. The highest BCUT2D eigenvalue weighted by atomic mass is 127. The molecule has 164 valence electrons. The average Bonchev–Trinajstić information content (AvgIpc) is 2.93. The highest BCUT2D eigenvalue weighted by Gasteiger charge is 2.36. The second kappa shape index (κ2) is 10.4. The predicted molar refractivity (Wildman–Crippen MR) is 129 cm³/mol. The minimum Gasteiger partial charge on any atom is -0.357 e. The monoisotopic (exact) mass is 514 g/mol. The van der Waals surface area contributed by atoms with E-state index in [4.69, 9.17) is 4.99 Å². The van der Waals surface area contributed by atoms with Crippen LogP contribution in [-0.4, -0.2) is 51.8 Å². The zero-order valence-electron chi connectivity index (χ0n) is 18.3. The summed E-state index contributed by atoms with van der Waals surface area (Å²) in [5.74, 6) is 3.93. The maximum atomic E-state index is 5.13. The standard InChI is InChI=1S/C22H38N6.HI/c1-3-23-21(24-15-19-9-10-20-26-25-18(2)28(20)16-19)27-14-8-13-22(17-27)11-6-4-5-7-12-22;/h19H,3-17H2,1-2H3,(H,23,24);1H. The normalized spacial score (nSPS) is 24.6. The molecule has 1 aliphatic carbocycles. The fourth-order valence-electron chi connectivity index (χ4n) is 5.60. The van der Waals surface area contributed by atoms with Crippen LogP contribution in [0.2, 0.25) is 0 Å². The largest absolute Gasteiger partial charge is 0.357 e. The van der Waals surface area contributed by atoms with Crippen molar-refractivity contribution in [2.24, 2.45) is 16.3 Å². The fourth-order valence-corrected chi connectivity index (χ4v) is 5.60. The Morgan fingerprint density at radius 3 is 2.66 bits per heavy atom. The van der Waals surface area contributed by atoms with Crippen molar-refractivity contribution in [2.75, 3.05) is 26.2 Å². The quantitative estimate of drug-likeness (QED) is 0.374. The summed E-state index contributed by atoms with van der Waals surface area (Å²) in [5, 5.41) is 12.1. The molecule has 3 heterocycles. The Balaban J connectivity index is 0.00000240. The van der Waals surface area contributed by atoms with Gasteiger partial charge in [0.15, 0.2) is 5.96 Å². The average molecular weight is 515 g/mol. The van der Waals surface area contributed by atoms with Crippen molar-refractivity contribution in [3.05, 3.63) is 11.6 Å². The molecule has 0 bridgehead atoms. The second-order valence-corrected chi connectivity index (χ2v) is 9.31. The summed E-state index contributed by atoms with van der Waals surface area (Å²) >= 11 is 0. The lowest BCUT2D eigenvalue weighted by Crippen LogP contribution is -2.50. The van der Waals surface area contributed by atoms with Gasteiger partial charge in [0, 0.05) is 39.1 Å². The Hall–Kier alpha value is -0.860. The van der Waals surface area contributed by atoms with Gasteiger partial charge in [-0.15, -0.1) is 34.2 Å². The van der Waals surface area contributed by atoms with E-state index in [0.717, 1.165) is 50.2 Å². The number of aryl methyl sites for hydroxylation is 2. The van der Waals surface area contributed by atoms with Crippen molar-refractivity contribution in [2.45, 2.75) is 84.6 Å². The fraction of sp³-hybridized carbons (Fsp3) is 0.864. The van der Waals surface area contributed by atoms with Gasteiger partial charge in [0.1, 0.15) is 11.6 Å². The van der Waals surface area contributed by atoms with Crippen LogP contribution in [-0.2, 0) is 13.0 Å². The number of fused-ring (bicyclic) bond motifs is 1. The van der Waals surface area contributed by atoms with Gasteiger partial charge in [0.05, 0.1) is 0 Å². The van der Waals surface area contributed by atoms with E-state index in [9.17, 15) is 0 Å². The van der Waals surface area contributed by atoms with E-state index in [1.165, 1.54) is 64.3 Å². The Labute approximate surface area is 193 Å². The van der Waals surface area contributed by atoms with Crippen molar-refractivity contribution in [3.63, 3.8) is 0 Å². The van der Waals surface area contributed by atoms with Crippen LogP contribution in [0.25, 0.3) is 0 Å². The van der Waals surface area contributed by atoms with Gasteiger partial charge in [-0.05, 0) is 57.3 Å². The van der Waals surface area contributed by atoms with E-state index >= 15 is 0 Å². The van der Waals surface area contributed by atoms with E-state index in [1.807, 2.05) is 0 Å². The maximum absolute atomic E-state index is 5.13. The molecule has 1 atom stereocenters. The van der Waals surface area contributed by atoms with Crippen LogP contribution in [0.1, 0.15) is 76.4 Å². The molecule has 2 fully saturated rings. The third-order valence-electron chi connectivity index (χ3n) is 7.19. The SMILES string of the molecule is CCNC(=NCC1CCc2nnc(C)n2C1)N1CCCC2(CCCCCC2)C1.I. The Kier molecular flexibility index (Phi) is 8.22. The van der Waals surface area contributed by atoms with Gasteiger partial charge in [-0.25, -0.2) is 0 Å². The molecular weight excluding hydrogens is 475 g/mol. The number of rotatable bonds is 3. The van der Waals surface area contributed by atoms with Crippen molar-refractivity contribution < 1.29 is 0 Å². The highest BCUT2D eigenvalue weighted by molar-refractivity contribution is 14.0. The first kappa shape index (κ1) is 22.8. The molecule has 1 aromatic rings. The van der Waals surface area contributed by atoms with Crippen LogP contribution in [0.5, 0.6) is 0 Å². The summed E-state index contributed by atoms with van der Waals surface area (Å²) in [6, 6.07) is 0. The highest BCUT2D eigenvalue weighted by Crippen LogP contribution is 2.42. The van der Waals surface area contributed by atoms with Gasteiger partial charge in [0.2, 0.25) is 0 Å². The minimum atomic E-state index is 0. The molecule has 7 heteroatoms. The summed E-state index contributed by atoms with van der Waals surface area (Å²) in [5.41, 5.74) is 0.546. The number of nitrogens with one attached hydrogen (secondary N) is 1. The van der Waals surface area contributed by atoms with E-state index in [0.29, 0.717) is 11.3 Å². The molecule has 1 spiro atoms. The summed E-state index contributed by atoms with van der Waals surface area (Å²) in [6.07, 6.45) is 13.5. The van der Waals surface area contributed by atoms with Crippen molar-refractivity contribution in [3.8, 4) is 0 Å². The number of guanidine groups is 1. The number of halogens is 1. The molecule has 1 saturated carbocycles. The zero-order valence-corrected chi connectivity index (χ0v) is 20.7. The number of hydrogen-bond donors (Lipinski definition) is 1. The lowest BCUT2D eigenvalue weighted by Gasteiger charge is -2.44. The number of aromatic nitrogens is 3. The van der Waals surface area contributed by atoms with Gasteiger partial charge in [-0.2, -0.15) is 0 Å². The number of piperidine rings is 1. The predicted octanol–water partition coefficient (Wildman–Crippen LogP) is 4.17. The van der Waals surface area contributed by atoms with Crippen molar-refractivity contribution >= 4 is 29.9 Å². The summed E-state index contributed by atoms with van der Waals surface area (Å²) in [7, 11) is 0. The van der Waals surface area contributed by atoms with Crippen molar-refractivity contribution in [1.82, 2.24) is 25.0 Å². The lowest BCUT2D eigenvalue weighted by molar-refractivity contribution is 0.115. The molecule has 1 aromatic heterocycles. The van der Waals surface area contributed by atoms with Gasteiger partial charge < -0.3 is 14.8 Å². The Bertz CT molecular complexity index is 677. The number of aliphatic imine (C=N–C) groups is 1. The lowest BCUT2D eigenvalue weighted by atomic mass is 9.74. The molecular formula is C22H39IN6. The molecule has 3 aliphatic rings. The first-order valence-electron chi connectivity index (χ1n) is 11.6. The van der Waals surface area contributed by atoms with Crippen LogP contribution in [0.15, 0.2) is 4.99 Å². The number of nitrogens with zero attached hydrogens (tertiary/aromatic N) is 5. The van der Waals surface area contributed by atoms with Gasteiger partial charge in [-0.1, -0.05) is 25.7 Å². The molecule has 0 amide bonds. The van der Waals surface area contributed by atoms with E-state index < -0.39 is 0 Å². The van der Waals surface area contributed by atoms with Crippen molar-refractivity contribution in [1.29, 1.82) is 0 Å². The molecule has 1 N–H and O–H groups in total. The molecule has 0 aromatic carbocycles. The maximum Gasteiger partial charge on any atom is 0.193 e. The zero-order chi connectivity index (χ0) is 19.4. The molecule has 1 saturated heterocycles. The first-order chi connectivity index (χ1) is 13.7. The van der Waals surface area contributed by atoms with Crippen LogP contribution < -0.4 is 5.32 Å². The Morgan fingerprint density at radius 1 is 1.14 bits per heavy atom. The molecule has 6 nitrogen and oxygen atoms in total. The van der Waals surface area contributed by atoms with E-state index in [-0.39, 0.29) is 24.0 Å². The molecule has 29 heavy (non-hydrogen) atoms. The van der Waals surface area contributed by atoms with Gasteiger partial charge in [0.25, 0.3) is 0 Å². The minimum absolute atomic E-state index is 0. The van der Waals surface area contributed by atoms with Crippen LogP contribution in [0, 0.1) is 18.3 Å². The van der Waals surface area contributed by atoms with E-state index in [2.05, 4.69) is 38.8 Å². The molecule has 1 unspecified atom stereocenters. The van der Waals surface area contributed by atoms with Crippen LogP contribution in [0.3, 0.4) is 0 Å². The smallest absolute Gasteiger partial charge is 0.193 e. The molecule has 0 radical (unpaired) electrons. The Morgan fingerprint density at radius 2 is 1.90 bits per heavy atom. The third-order valence-corrected chi connectivity index (χ3v) is 7.19. The van der Waals surface area contributed by atoms with Crippen LogP contribution >= 0.6 is 24.0 Å². The summed E-state index contributed by atoms with van der Waals surface area (Å²) in [6.45, 7) is 9.48. The van der Waals surface area contributed by atoms with E-state index in [1.54, 1.807) is 0 Å². The third kappa shape index (κ3) is 5.44. The number of hydrogen-bond acceptors (Lipinski definition) is 3. The topological polar surface area (TPSA) is 58.3 Å². The molecule has 4 rings (SSSR count). The van der Waals surface area contributed by atoms with Gasteiger partial charge >= 0.3 is 0 Å².